The molecule has 4 rings (SSSR count). The van der Waals surface area contributed by atoms with Crippen molar-refractivity contribution in [3.63, 3.8) is 0 Å². The average Bonchev–Trinajstić information content (AvgIpc) is 2.70. The van der Waals surface area contributed by atoms with Gasteiger partial charge in [0.2, 0.25) is 0 Å². The summed E-state index contributed by atoms with van der Waals surface area (Å²) in [7, 11) is 0. The smallest absolute Gasteiger partial charge is 0.416 e. The molecule has 2 aromatic heterocycles. The molecule has 29 heavy (non-hydrogen) atoms. The van der Waals surface area contributed by atoms with Gasteiger partial charge in [0.15, 0.2) is 23.1 Å². The van der Waals surface area contributed by atoms with Gasteiger partial charge in [0, 0.05) is 17.8 Å². The van der Waals surface area contributed by atoms with Gasteiger partial charge in [0.05, 0.1) is 24.5 Å². The van der Waals surface area contributed by atoms with Crippen LogP contribution in [0.3, 0.4) is 0 Å². The minimum atomic E-state index is -0.671. The Kier molecular flexibility index (Phi) is 4.71. The first-order valence-electron chi connectivity index (χ1n) is 8.73. The van der Waals surface area contributed by atoms with Crippen molar-refractivity contribution in [2.45, 2.75) is 19.5 Å². The number of nitrogen functional groups attached to an aromatic ring is 1. The average molecular weight is 398 g/mol. The third kappa shape index (κ3) is 3.54. The number of nitrogens with zero attached hydrogens (tertiary/aromatic N) is 3. The second-order valence-corrected chi connectivity index (χ2v) is 6.44. The van der Waals surface area contributed by atoms with Crippen LogP contribution in [0.1, 0.15) is 24.2 Å². The molecule has 0 spiro atoms. The van der Waals surface area contributed by atoms with Crippen LogP contribution in [0, 0.1) is 11.6 Å². The summed E-state index contributed by atoms with van der Waals surface area (Å²) in [5, 5.41) is 0. The molecule has 1 aromatic carbocycles. The minimum Gasteiger partial charge on any atom is -0.435 e. The van der Waals surface area contributed by atoms with E-state index in [0.29, 0.717) is 5.69 Å². The molecule has 1 aliphatic rings. The Bertz CT molecular complexity index is 1090. The fourth-order valence-electron chi connectivity index (χ4n) is 3.01. The van der Waals surface area contributed by atoms with Crippen molar-refractivity contribution >= 4 is 11.8 Å². The van der Waals surface area contributed by atoms with Gasteiger partial charge < -0.3 is 15.2 Å². The number of nitrogens with two attached hydrogens (primary N) is 1. The molecule has 3 aromatic rings. The van der Waals surface area contributed by atoms with Crippen LogP contribution in [0.2, 0.25) is 0 Å². The minimum absolute atomic E-state index is 0.00241. The predicted octanol–water partition coefficient (Wildman–Crippen LogP) is 4.20. The highest BCUT2D eigenvalue weighted by Crippen LogP contribution is 2.37. The zero-order chi connectivity index (χ0) is 20.5. The summed E-state index contributed by atoms with van der Waals surface area (Å²) in [6.45, 7) is 1.71. The molecule has 0 radical (unpaired) electrons. The van der Waals surface area contributed by atoms with Gasteiger partial charge in [0.1, 0.15) is 5.69 Å². The maximum absolute atomic E-state index is 14.2. The highest BCUT2D eigenvalue weighted by Gasteiger charge is 2.33. The van der Waals surface area contributed by atoms with E-state index in [-0.39, 0.29) is 35.2 Å². The summed E-state index contributed by atoms with van der Waals surface area (Å²) in [5.41, 5.74) is 6.32. The number of anilines is 1. The molecule has 1 atom stereocenters. The fourth-order valence-corrected chi connectivity index (χ4v) is 3.01. The number of ether oxygens (including phenoxy) is 2. The van der Waals surface area contributed by atoms with Crippen LogP contribution >= 0.6 is 0 Å². The van der Waals surface area contributed by atoms with Crippen LogP contribution in [0.25, 0.3) is 0 Å². The van der Waals surface area contributed by atoms with Gasteiger partial charge in [-0.2, -0.15) is 0 Å². The molecule has 2 N–H and O–H groups in total. The monoisotopic (exact) mass is 398 g/mol. The first kappa shape index (κ1) is 18.6. The third-order valence-corrected chi connectivity index (χ3v) is 4.54. The quantitative estimate of drug-likeness (QED) is 0.662. The van der Waals surface area contributed by atoms with E-state index in [4.69, 9.17) is 15.2 Å². The third-order valence-electron chi connectivity index (χ3n) is 4.54. The molecule has 1 aliphatic heterocycles. The number of carbonyl (C=O) groups excluding carboxylic acids is 1. The Morgan fingerprint density at radius 2 is 2.07 bits per heavy atom. The van der Waals surface area contributed by atoms with Gasteiger partial charge in [-0.25, -0.2) is 18.6 Å². The first-order chi connectivity index (χ1) is 13.9. The number of benzene rings is 1. The summed E-state index contributed by atoms with van der Waals surface area (Å²) in [5.74, 6) is -1.08. The van der Waals surface area contributed by atoms with E-state index in [1.807, 2.05) is 0 Å². The van der Waals surface area contributed by atoms with Gasteiger partial charge in [0.25, 0.3) is 5.88 Å². The van der Waals surface area contributed by atoms with Crippen molar-refractivity contribution in [3.05, 3.63) is 71.7 Å². The lowest BCUT2D eigenvalue weighted by molar-refractivity contribution is 0.114. The fraction of sp³-hybridized carbons (Fsp3) is 0.150. The summed E-state index contributed by atoms with van der Waals surface area (Å²) in [4.78, 5) is 21.9. The van der Waals surface area contributed by atoms with Crippen LogP contribution in [0.5, 0.6) is 17.4 Å². The summed E-state index contributed by atoms with van der Waals surface area (Å²) in [6.07, 6.45) is 2.09. The van der Waals surface area contributed by atoms with Gasteiger partial charge in [-0.15, -0.1) is 0 Å². The van der Waals surface area contributed by atoms with E-state index in [2.05, 4.69) is 9.97 Å². The number of hydrogen-bond acceptors (Lipinski definition) is 6. The molecule has 1 amide bonds. The second kappa shape index (κ2) is 7.34. The van der Waals surface area contributed by atoms with Crippen molar-refractivity contribution in [1.82, 2.24) is 14.9 Å². The summed E-state index contributed by atoms with van der Waals surface area (Å²) >= 11 is 0. The molecule has 3 heterocycles. The highest BCUT2D eigenvalue weighted by atomic mass is 19.1. The lowest BCUT2D eigenvalue weighted by Crippen LogP contribution is -2.39. The topological polar surface area (TPSA) is 90.6 Å². The van der Waals surface area contributed by atoms with Crippen molar-refractivity contribution in [2.24, 2.45) is 0 Å². The van der Waals surface area contributed by atoms with Gasteiger partial charge in [-0.1, -0.05) is 12.1 Å². The molecular formula is C20H16F2N4O3. The van der Waals surface area contributed by atoms with Crippen molar-refractivity contribution in [1.29, 1.82) is 0 Å². The van der Waals surface area contributed by atoms with Crippen LogP contribution in [-0.2, 0) is 6.54 Å². The zero-order valence-electron chi connectivity index (χ0n) is 15.3. The Hall–Kier alpha value is -3.75. The number of carbonyl (C=O) groups is 1. The molecular weight excluding hydrogens is 382 g/mol. The first-order valence-corrected chi connectivity index (χ1v) is 8.73. The van der Waals surface area contributed by atoms with Crippen molar-refractivity contribution < 1.29 is 23.0 Å². The second-order valence-electron chi connectivity index (χ2n) is 6.44. The molecule has 0 fully saturated rings. The van der Waals surface area contributed by atoms with Crippen molar-refractivity contribution in [3.8, 4) is 17.4 Å². The predicted molar refractivity (Wildman–Crippen MR) is 99.3 cm³/mol. The maximum atomic E-state index is 14.2. The van der Waals surface area contributed by atoms with E-state index >= 15 is 0 Å². The van der Waals surface area contributed by atoms with E-state index in [1.54, 1.807) is 19.1 Å². The molecule has 1 unspecified atom stereocenters. The normalized spacial score (nSPS) is 15.6. The van der Waals surface area contributed by atoms with Crippen LogP contribution < -0.4 is 15.2 Å². The number of halogens is 2. The summed E-state index contributed by atoms with van der Waals surface area (Å²) in [6, 6.07) is 8.20. The van der Waals surface area contributed by atoms with E-state index in [9.17, 15) is 13.6 Å². The van der Waals surface area contributed by atoms with E-state index < -0.39 is 23.8 Å². The number of pyridine rings is 2. The highest BCUT2D eigenvalue weighted by molar-refractivity contribution is 5.74. The number of fused-ring (bicyclic) bond motifs is 1. The molecule has 0 aliphatic carbocycles. The molecule has 0 saturated carbocycles. The van der Waals surface area contributed by atoms with Gasteiger partial charge in [-0.3, -0.25) is 9.88 Å². The lowest BCUT2D eigenvalue weighted by Gasteiger charge is -2.33. The number of aromatic nitrogens is 2. The Morgan fingerprint density at radius 3 is 2.86 bits per heavy atom. The van der Waals surface area contributed by atoms with E-state index in [1.165, 1.54) is 41.6 Å². The van der Waals surface area contributed by atoms with Crippen LogP contribution in [0.15, 0.2) is 48.8 Å². The molecule has 0 saturated heterocycles. The zero-order valence-corrected chi connectivity index (χ0v) is 15.3. The number of hydrogen-bond donors (Lipinski definition) is 1. The Labute approximate surface area is 164 Å². The largest absolute Gasteiger partial charge is 0.435 e. The molecule has 7 nitrogen and oxygen atoms in total. The van der Waals surface area contributed by atoms with Gasteiger partial charge >= 0.3 is 6.09 Å². The Morgan fingerprint density at radius 1 is 1.24 bits per heavy atom. The number of rotatable bonds is 4. The Balaban J connectivity index is 1.59. The van der Waals surface area contributed by atoms with Gasteiger partial charge in [-0.05, 0) is 25.1 Å². The van der Waals surface area contributed by atoms with E-state index in [0.717, 1.165) is 0 Å². The standard InChI is InChI=1S/C20H16F2N4O3/c1-11-18-16(8-13(9-25-18)28-19-14(21)5-3-7-24-19)29-20(27)26(11)10-12-4-2-6-15(23)17(12)22/h2-9,11H,10,23H2,1H3. The number of amides is 1. The molecule has 0 bridgehead atoms. The molecule has 9 heteroatoms. The maximum Gasteiger partial charge on any atom is 0.416 e. The summed E-state index contributed by atoms with van der Waals surface area (Å²) < 4.78 is 38.7. The van der Waals surface area contributed by atoms with Crippen molar-refractivity contribution in [2.75, 3.05) is 5.73 Å². The molecule has 148 valence electrons. The SMILES string of the molecule is CC1c2ncc(Oc3ncccc3F)cc2OC(=O)N1Cc1cccc(N)c1F. The van der Waals surface area contributed by atoms with Crippen LogP contribution in [0.4, 0.5) is 19.3 Å². The lowest BCUT2D eigenvalue weighted by atomic mass is 10.1. The van der Waals surface area contributed by atoms with Crippen LogP contribution in [-0.4, -0.2) is 21.0 Å².